The van der Waals surface area contributed by atoms with Gasteiger partial charge >= 0.3 is 5.97 Å². The van der Waals surface area contributed by atoms with Crippen LogP contribution >= 0.6 is 0 Å². The summed E-state index contributed by atoms with van der Waals surface area (Å²) < 4.78 is 10.9. The Morgan fingerprint density at radius 3 is 2.61 bits per heavy atom. The smallest absolute Gasteiger partial charge is 0.339 e. The van der Waals surface area contributed by atoms with Gasteiger partial charge in [-0.05, 0) is 28.5 Å². The molecular formula is C19H16O4. The fourth-order valence-electron chi connectivity index (χ4n) is 2.50. The van der Waals surface area contributed by atoms with Crippen LogP contribution in [0.3, 0.4) is 0 Å². The number of benzene rings is 3. The molecule has 116 valence electrons. The Morgan fingerprint density at radius 2 is 1.83 bits per heavy atom. The second-order valence-electron chi connectivity index (χ2n) is 5.09. The van der Waals surface area contributed by atoms with Gasteiger partial charge in [0.1, 0.15) is 23.7 Å². The molecule has 3 rings (SSSR count). The highest BCUT2D eigenvalue weighted by atomic mass is 16.5. The van der Waals surface area contributed by atoms with E-state index in [1.807, 2.05) is 42.5 Å². The topological polar surface area (TPSA) is 55.8 Å². The maximum atomic E-state index is 11.3. The first-order valence-electron chi connectivity index (χ1n) is 7.20. The molecule has 4 heteroatoms. The first-order chi connectivity index (χ1) is 11.2. The lowest BCUT2D eigenvalue weighted by Gasteiger charge is -2.12. The summed E-state index contributed by atoms with van der Waals surface area (Å²) in [7, 11) is 1.53. The lowest BCUT2D eigenvalue weighted by Crippen LogP contribution is -2.04. The van der Waals surface area contributed by atoms with Gasteiger partial charge in [-0.1, -0.05) is 42.5 Å². The summed E-state index contributed by atoms with van der Waals surface area (Å²) in [5.41, 5.74) is 1.12. The zero-order valence-corrected chi connectivity index (χ0v) is 12.7. The van der Waals surface area contributed by atoms with Crippen molar-refractivity contribution in [2.75, 3.05) is 7.11 Å². The van der Waals surface area contributed by atoms with Gasteiger partial charge in [-0.2, -0.15) is 0 Å². The van der Waals surface area contributed by atoms with Crippen LogP contribution in [0.15, 0.2) is 60.7 Å². The average Bonchev–Trinajstić information content (AvgIpc) is 2.59. The van der Waals surface area contributed by atoms with E-state index in [4.69, 9.17) is 9.47 Å². The Kier molecular flexibility index (Phi) is 4.15. The molecule has 4 nitrogen and oxygen atoms in total. The van der Waals surface area contributed by atoms with Crippen LogP contribution in [0.4, 0.5) is 0 Å². The Labute approximate surface area is 133 Å². The van der Waals surface area contributed by atoms with E-state index in [0.29, 0.717) is 11.5 Å². The molecule has 0 saturated heterocycles. The molecule has 3 aromatic rings. The molecule has 0 bridgehead atoms. The number of carboxylic acid groups (broad SMARTS) is 1. The largest absolute Gasteiger partial charge is 0.497 e. The second-order valence-corrected chi connectivity index (χ2v) is 5.09. The van der Waals surface area contributed by atoms with Gasteiger partial charge in [0.25, 0.3) is 0 Å². The molecular weight excluding hydrogens is 292 g/mol. The van der Waals surface area contributed by atoms with Crippen LogP contribution in [-0.4, -0.2) is 18.2 Å². The van der Waals surface area contributed by atoms with E-state index >= 15 is 0 Å². The summed E-state index contributed by atoms with van der Waals surface area (Å²) in [5.74, 6) is -0.173. The molecule has 0 aliphatic rings. The lowest BCUT2D eigenvalue weighted by molar-refractivity contribution is 0.0691. The fourth-order valence-corrected chi connectivity index (χ4v) is 2.50. The Balaban J connectivity index is 1.92. The molecule has 0 fully saturated rings. The monoisotopic (exact) mass is 308 g/mol. The number of aromatic carboxylic acids is 1. The number of carbonyl (C=O) groups is 1. The number of fused-ring (bicyclic) bond motifs is 1. The fraction of sp³-hybridized carbons (Fsp3) is 0.105. The third-order valence-electron chi connectivity index (χ3n) is 3.68. The summed E-state index contributed by atoms with van der Waals surface area (Å²) in [6.07, 6.45) is 0. The molecule has 3 aromatic carbocycles. The quantitative estimate of drug-likeness (QED) is 0.770. The van der Waals surface area contributed by atoms with Crippen molar-refractivity contribution < 1.29 is 19.4 Å². The molecule has 0 saturated carbocycles. The van der Waals surface area contributed by atoms with E-state index in [9.17, 15) is 9.90 Å². The molecule has 0 aliphatic heterocycles. The summed E-state index contributed by atoms with van der Waals surface area (Å²) in [6, 6.07) is 18.7. The molecule has 0 amide bonds. The lowest BCUT2D eigenvalue weighted by atomic mass is 10.1. The van der Waals surface area contributed by atoms with Crippen molar-refractivity contribution >= 4 is 16.7 Å². The molecule has 0 aliphatic carbocycles. The summed E-state index contributed by atoms with van der Waals surface area (Å²) >= 11 is 0. The van der Waals surface area contributed by atoms with Gasteiger partial charge in [0.15, 0.2) is 0 Å². The molecule has 0 atom stereocenters. The maximum absolute atomic E-state index is 11.3. The van der Waals surface area contributed by atoms with E-state index in [-0.39, 0.29) is 12.2 Å². The van der Waals surface area contributed by atoms with Crippen LogP contribution in [0.1, 0.15) is 15.9 Å². The normalized spacial score (nSPS) is 10.5. The Bertz CT molecular complexity index is 850. The van der Waals surface area contributed by atoms with Crippen molar-refractivity contribution in [3.63, 3.8) is 0 Å². The minimum absolute atomic E-state index is 0.117. The van der Waals surface area contributed by atoms with Gasteiger partial charge in [0.2, 0.25) is 0 Å². The summed E-state index contributed by atoms with van der Waals surface area (Å²) in [6.45, 7) is 0.287. The number of hydrogen-bond donors (Lipinski definition) is 1. The van der Waals surface area contributed by atoms with Gasteiger partial charge in [-0.25, -0.2) is 4.79 Å². The molecule has 0 radical (unpaired) electrons. The zero-order valence-electron chi connectivity index (χ0n) is 12.7. The highest BCUT2D eigenvalue weighted by Gasteiger charge is 2.13. The molecule has 0 unspecified atom stereocenters. The van der Waals surface area contributed by atoms with Crippen molar-refractivity contribution in [3.05, 3.63) is 71.8 Å². The molecule has 0 heterocycles. The van der Waals surface area contributed by atoms with E-state index in [2.05, 4.69) is 0 Å². The van der Waals surface area contributed by atoms with Crippen molar-refractivity contribution in [2.24, 2.45) is 0 Å². The van der Waals surface area contributed by atoms with Crippen LogP contribution in [0.2, 0.25) is 0 Å². The highest BCUT2D eigenvalue weighted by Crippen LogP contribution is 2.27. The minimum Gasteiger partial charge on any atom is -0.497 e. The average molecular weight is 308 g/mol. The Hall–Kier alpha value is -3.01. The number of ether oxygens (including phenoxy) is 2. The van der Waals surface area contributed by atoms with Gasteiger partial charge in [-0.3, -0.25) is 0 Å². The van der Waals surface area contributed by atoms with Crippen LogP contribution in [0, 0.1) is 0 Å². The van der Waals surface area contributed by atoms with E-state index in [1.165, 1.54) is 13.2 Å². The third-order valence-corrected chi connectivity index (χ3v) is 3.68. The van der Waals surface area contributed by atoms with E-state index in [0.717, 1.165) is 16.3 Å². The van der Waals surface area contributed by atoms with Crippen LogP contribution in [-0.2, 0) is 6.61 Å². The van der Waals surface area contributed by atoms with E-state index < -0.39 is 5.97 Å². The second kappa shape index (κ2) is 6.40. The molecule has 0 spiro atoms. The van der Waals surface area contributed by atoms with Gasteiger partial charge < -0.3 is 14.6 Å². The molecule has 0 aromatic heterocycles. The number of hydrogen-bond acceptors (Lipinski definition) is 3. The maximum Gasteiger partial charge on any atom is 0.339 e. The molecule has 23 heavy (non-hydrogen) atoms. The predicted molar refractivity (Wildman–Crippen MR) is 88.2 cm³/mol. The zero-order chi connectivity index (χ0) is 16.2. The number of methoxy groups -OCH3 is 1. The van der Waals surface area contributed by atoms with Crippen molar-refractivity contribution in [1.29, 1.82) is 0 Å². The summed E-state index contributed by atoms with van der Waals surface area (Å²) in [5, 5.41) is 11.5. The summed E-state index contributed by atoms with van der Waals surface area (Å²) in [4.78, 5) is 11.3. The van der Waals surface area contributed by atoms with Crippen molar-refractivity contribution in [2.45, 2.75) is 6.61 Å². The standard InChI is InChI=1S/C19H16O4/c1-22-15-9-10-17(19(20)21)18(11-15)23-12-14-7-4-6-13-5-2-3-8-16(13)14/h2-11H,12H2,1H3,(H,20,21). The van der Waals surface area contributed by atoms with Crippen LogP contribution in [0.5, 0.6) is 11.5 Å². The van der Waals surface area contributed by atoms with Crippen LogP contribution < -0.4 is 9.47 Å². The Morgan fingerprint density at radius 1 is 1.04 bits per heavy atom. The minimum atomic E-state index is -1.03. The number of carboxylic acids is 1. The highest BCUT2D eigenvalue weighted by molar-refractivity contribution is 5.91. The third kappa shape index (κ3) is 3.11. The van der Waals surface area contributed by atoms with E-state index in [1.54, 1.807) is 12.1 Å². The van der Waals surface area contributed by atoms with Crippen molar-refractivity contribution in [3.8, 4) is 11.5 Å². The van der Waals surface area contributed by atoms with Crippen LogP contribution in [0.25, 0.3) is 10.8 Å². The molecule has 1 N–H and O–H groups in total. The van der Waals surface area contributed by atoms with Gasteiger partial charge in [0, 0.05) is 6.07 Å². The van der Waals surface area contributed by atoms with Crippen molar-refractivity contribution in [1.82, 2.24) is 0 Å². The predicted octanol–water partition coefficient (Wildman–Crippen LogP) is 4.13. The van der Waals surface area contributed by atoms with Gasteiger partial charge in [-0.15, -0.1) is 0 Å². The SMILES string of the molecule is COc1ccc(C(=O)O)c(OCc2cccc3ccccc23)c1. The first kappa shape index (κ1) is 14.9. The first-order valence-corrected chi connectivity index (χ1v) is 7.20. The van der Waals surface area contributed by atoms with Gasteiger partial charge in [0.05, 0.1) is 7.11 Å². The number of rotatable bonds is 5.